The van der Waals surface area contributed by atoms with E-state index in [0.717, 1.165) is 23.5 Å². The summed E-state index contributed by atoms with van der Waals surface area (Å²) in [7, 11) is 0. The van der Waals surface area contributed by atoms with Gasteiger partial charge in [-0.1, -0.05) is 29.8 Å². The summed E-state index contributed by atoms with van der Waals surface area (Å²) in [5, 5.41) is 0. The Labute approximate surface area is 95.4 Å². The summed E-state index contributed by atoms with van der Waals surface area (Å²) in [5.74, 6) is 0.769. The van der Waals surface area contributed by atoms with Crippen molar-refractivity contribution in [3.8, 4) is 11.4 Å². The normalized spacial score (nSPS) is 10.4. The fourth-order valence-corrected chi connectivity index (χ4v) is 1.52. The van der Waals surface area contributed by atoms with Crippen LogP contribution in [0.5, 0.6) is 0 Å². The molecule has 0 radical (unpaired) electrons. The highest BCUT2D eigenvalue weighted by Crippen LogP contribution is 2.15. The molecule has 16 heavy (non-hydrogen) atoms. The van der Waals surface area contributed by atoms with Crippen LogP contribution in [0.15, 0.2) is 36.5 Å². The van der Waals surface area contributed by atoms with E-state index in [1.165, 1.54) is 5.56 Å². The molecular weight excluding hydrogens is 198 g/mol. The Morgan fingerprint density at radius 3 is 2.56 bits per heavy atom. The monoisotopic (exact) mass is 213 g/mol. The predicted molar refractivity (Wildman–Crippen MR) is 65.0 cm³/mol. The Balaban J connectivity index is 2.32. The van der Waals surface area contributed by atoms with Crippen molar-refractivity contribution in [2.45, 2.75) is 13.3 Å². The van der Waals surface area contributed by atoms with Crippen LogP contribution in [0.25, 0.3) is 11.4 Å². The molecule has 0 aliphatic rings. The third kappa shape index (κ3) is 2.44. The molecule has 1 aromatic carbocycles. The fourth-order valence-electron chi connectivity index (χ4n) is 1.52. The molecule has 0 amide bonds. The highest BCUT2D eigenvalue weighted by Gasteiger charge is 2.01. The summed E-state index contributed by atoms with van der Waals surface area (Å²) < 4.78 is 0. The van der Waals surface area contributed by atoms with Gasteiger partial charge in [0.15, 0.2) is 5.82 Å². The lowest BCUT2D eigenvalue weighted by atomic mass is 10.1. The Kier molecular flexibility index (Phi) is 3.27. The van der Waals surface area contributed by atoms with Gasteiger partial charge in [-0.25, -0.2) is 9.97 Å². The highest BCUT2D eigenvalue weighted by atomic mass is 14.9. The van der Waals surface area contributed by atoms with Gasteiger partial charge in [0, 0.05) is 23.9 Å². The van der Waals surface area contributed by atoms with E-state index >= 15 is 0 Å². The van der Waals surface area contributed by atoms with Gasteiger partial charge in [-0.05, 0) is 19.5 Å². The van der Waals surface area contributed by atoms with E-state index < -0.39 is 0 Å². The summed E-state index contributed by atoms with van der Waals surface area (Å²) in [5.41, 5.74) is 8.79. The number of aryl methyl sites for hydroxylation is 1. The third-order valence-corrected chi connectivity index (χ3v) is 2.42. The average Bonchev–Trinajstić information content (AvgIpc) is 2.31. The highest BCUT2D eigenvalue weighted by molar-refractivity contribution is 5.55. The van der Waals surface area contributed by atoms with Crippen molar-refractivity contribution in [3.05, 3.63) is 47.8 Å². The number of hydrogen-bond donors (Lipinski definition) is 1. The lowest BCUT2D eigenvalue weighted by Crippen LogP contribution is -2.05. The summed E-state index contributed by atoms with van der Waals surface area (Å²) >= 11 is 0. The van der Waals surface area contributed by atoms with E-state index in [0.29, 0.717) is 6.54 Å². The van der Waals surface area contributed by atoms with Crippen LogP contribution in [-0.4, -0.2) is 16.5 Å². The van der Waals surface area contributed by atoms with Gasteiger partial charge >= 0.3 is 0 Å². The molecule has 2 aromatic rings. The van der Waals surface area contributed by atoms with E-state index in [2.05, 4.69) is 29.0 Å². The second-order valence-corrected chi connectivity index (χ2v) is 3.78. The van der Waals surface area contributed by atoms with Gasteiger partial charge in [0.2, 0.25) is 0 Å². The maximum absolute atomic E-state index is 5.51. The van der Waals surface area contributed by atoms with Crippen molar-refractivity contribution in [2.24, 2.45) is 5.73 Å². The summed E-state index contributed by atoms with van der Waals surface area (Å²) in [6, 6.07) is 10.1. The molecule has 0 saturated carbocycles. The molecule has 2 rings (SSSR count). The Hall–Kier alpha value is -1.74. The van der Waals surface area contributed by atoms with Gasteiger partial charge in [-0.2, -0.15) is 0 Å². The molecule has 0 saturated heterocycles. The van der Waals surface area contributed by atoms with Gasteiger partial charge in [-0.3, -0.25) is 0 Å². The maximum Gasteiger partial charge on any atom is 0.159 e. The standard InChI is InChI=1S/C13H15N3/c1-10-2-4-11(5-3-10)13-15-9-7-12(16-13)6-8-14/h2-5,7,9H,6,8,14H2,1H3. The molecule has 0 atom stereocenters. The molecule has 0 aliphatic carbocycles. The zero-order chi connectivity index (χ0) is 11.4. The number of hydrogen-bond acceptors (Lipinski definition) is 3. The topological polar surface area (TPSA) is 51.8 Å². The molecule has 0 spiro atoms. The molecule has 3 heteroatoms. The van der Waals surface area contributed by atoms with Crippen molar-refractivity contribution in [3.63, 3.8) is 0 Å². The predicted octanol–water partition coefficient (Wildman–Crippen LogP) is 1.95. The Morgan fingerprint density at radius 1 is 1.12 bits per heavy atom. The Bertz CT molecular complexity index is 463. The van der Waals surface area contributed by atoms with Crippen molar-refractivity contribution < 1.29 is 0 Å². The van der Waals surface area contributed by atoms with Gasteiger partial charge in [0.05, 0.1) is 0 Å². The number of nitrogens with zero attached hydrogens (tertiary/aromatic N) is 2. The lowest BCUT2D eigenvalue weighted by Gasteiger charge is -2.03. The van der Waals surface area contributed by atoms with Crippen molar-refractivity contribution >= 4 is 0 Å². The number of rotatable bonds is 3. The minimum Gasteiger partial charge on any atom is -0.330 e. The minimum atomic E-state index is 0.615. The van der Waals surface area contributed by atoms with Crippen molar-refractivity contribution in [1.82, 2.24) is 9.97 Å². The van der Waals surface area contributed by atoms with Crippen LogP contribution in [-0.2, 0) is 6.42 Å². The molecule has 0 aliphatic heterocycles. The Morgan fingerprint density at radius 2 is 1.88 bits per heavy atom. The van der Waals surface area contributed by atoms with Crippen LogP contribution in [0.2, 0.25) is 0 Å². The first-order valence-electron chi connectivity index (χ1n) is 5.38. The molecule has 1 aromatic heterocycles. The van der Waals surface area contributed by atoms with Gasteiger partial charge in [0.1, 0.15) is 0 Å². The van der Waals surface area contributed by atoms with Crippen LogP contribution >= 0.6 is 0 Å². The molecular formula is C13H15N3. The first kappa shape index (κ1) is 10.8. The lowest BCUT2D eigenvalue weighted by molar-refractivity contribution is 0.913. The van der Waals surface area contributed by atoms with E-state index in [4.69, 9.17) is 5.73 Å². The minimum absolute atomic E-state index is 0.615. The zero-order valence-corrected chi connectivity index (χ0v) is 9.35. The first-order valence-corrected chi connectivity index (χ1v) is 5.38. The second-order valence-electron chi connectivity index (χ2n) is 3.78. The number of aromatic nitrogens is 2. The molecule has 0 bridgehead atoms. The van der Waals surface area contributed by atoms with Crippen LogP contribution in [0.3, 0.4) is 0 Å². The third-order valence-electron chi connectivity index (χ3n) is 2.42. The molecule has 0 fully saturated rings. The first-order chi connectivity index (χ1) is 7.79. The van der Waals surface area contributed by atoms with Gasteiger partial charge < -0.3 is 5.73 Å². The smallest absolute Gasteiger partial charge is 0.159 e. The van der Waals surface area contributed by atoms with Crippen LogP contribution < -0.4 is 5.73 Å². The van der Waals surface area contributed by atoms with Crippen molar-refractivity contribution in [2.75, 3.05) is 6.54 Å². The van der Waals surface area contributed by atoms with E-state index in [1.54, 1.807) is 6.20 Å². The van der Waals surface area contributed by atoms with Crippen molar-refractivity contribution in [1.29, 1.82) is 0 Å². The van der Waals surface area contributed by atoms with E-state index in [1.807, 2.05) is 18.2 Å². The summed E-state index contributed by atoms with van der Waals surface area (Å²) in [6.45, 7) is 2.68. The molecule has 1 heterocycles. The number of nitrogens with two attached hydrogens (primary N) is 1. The molecule has 2 N–H and O–H groups in total. The largest absolute Gasteiger partial charge is 0.330 e. The SMILES string of the molecule is Cc1ccc(-c2nccc(CCN)n2)cc1. The summed E-state index contributed by atoms with van der Waals surface area (Å²) in [4.78, 5) is 8.74. The van der Waals surface area contributed by atoms with E-state index in [9.17, 15) is 0 Å². The molecule has 3 nitrogen and oxygen atoms in total. The van der Waals surface area contributed by atoms with Crippen LogP contribution in [0.4, 0.5) is 0 Å². The average molecular weight is 213 g/mol. The van der Waals surface area contributed by atoms with Gasteiger partial charge in [-0.15, -0.1) is 0 Å². The summed E-state index contributed by atoms with van der Waals surface area (Å²) in [6.07, 6.45) is 2.58. The number of benzene rings is 1. The molecule has 82 valence electrons. The van der Waals surface area contributed by atoms with Crippen LogP contribution in [0.1, 0.15) is 11.3 Å². The fraction of sp³-hybridized carbons (Fsp3) is 0.231. The maximum atomic E-state index is 5.51. The van der Waals surface area contributed by atoms with Crippen LogP contribution in [0, 0.1) is 6.92 Å². The molecule has 0 unspecified atom stereocenters. The van der Waals surface area contributed by atoms with E-state index in [-0.39, 0.29) is 0 Å². The quantitative estimate of drug-likeness (QED) is 0.847. The second kappa shape index (κ2) is 4.86. The van der Waals surface area contributed by atoms with Gasteiger partial charge in [0.25, 0.3) is 0 Å². The zero-order valence-electron chi connectivity index (χ0n) is 9.35.